The highest BCUT2D eigenvalue weighted by Crippen LogP contribution is 2.25. The van der Waals surface area contributed by atoms with E-state index in [0.717, 1.165) is 4.90 Å². The van der Waals surface area contributed by atoms with Crippen LogP contribution in [0.25, 0.3) is 0 Å². The molecule has 0 saturated heterocycles. The number of anilines is 1. The van der Waals surface area contributed by atoms with E-state index in [1.165, 1.54) is 26.0 Å². The number of fused-ring (bicyclic) bond motifs is 1. The zero-order valence-corrected chi connectivity index (χ0v) is 16.6. The number of hydrogen-bond donors (Lipinski definition) is 1. The molecule has 152 valence electrons. The number of carbonyl (C=O) groups excluding carboxylic acids is 4. The van der Waals surface area contributed by atoms with E-state index in [-0.39, 0.29) is 17.2 Å². The van der Waals surface area contributed by atoms with Crippen LogP contribution in [0.2, 0.25) is 0 Å². The van der Waals surface area contributed by atoms with Crippen LogP contribution < -0.4 is 5.32 Å². The Bertz CT molecular complexity index is 946. The van der Waals surface area contributed by atoms with Crippen LogP contribution in [-0.4, -0.2) is 50.5 Å². The molecule has 0 aliphatic carbocycles. The van der Waals surface area contributed by atoms with Crippen LogP contribution in [0, 0.1) is 0 Å². The highest BCUT2D eigenvalue weighted by Gasteiger charge is 2.41. The van der Waals surface area contributed by atoms with E-state index in [4.69, 9.17) is 4.74 Å². The first kappa shape index (κ1) is 20.2. The lowest BCUT2D eigenvalue weighted by Crippen LogP contribution is -2.45. The summed E-state index contributed by atoms with van der Waals surface area (Å²) in [4.78, 5) is 50.7. The SMILES string of the molecule is CC(C)n1nccc1NC(=O)[C@@H](C)OC(=O)[C@@H](C)N1C(=O)c2ccccc2C1=O. The maximum Gasteiger partial charge on any atom is 0.329 e. The minimum atomic E-state index is -1.17. The molecule has 0 spiro atoms. The van der Waals surface area contributed by atoms with E-state index >= 15 is 0 Å². The van der Waals surface area contributed by atoms with Gasteiger partial charge in [-0.05, 0) is 39.8 Å². The van der Waals surface area contributed by atoms with Crippen LogP contribution in [0.1, 0.15) is 54.5 Å². The lowest BCUT2D eigenvalue weighted by atomic mass is 10.1. The molecule has 1 aliphatic rings. The third kappa shape index (κ3) is 3.75. The number of carbonyl (C=O) groups is 4. The molecular weight excluding hydrogens is 376 g/mol. The lowest BCUT2D eigenvalue weighted by Gasteiger charge is -2.23. The fraction of sp³-hybridized carbons (Fsp3) is 0.350. The number of nitrogens with zero attached hydrogens (tertiary/aromatic N) is 3. The second-order valence-electron chi connectivity index (χ2n) is 7.02. The van der Waals surface area contributed by atoms with Gasteiger partial charge in [-0.2, -0.15) is 5.10 Å². The number of rotatable bonds is 6. The maximum atomic E-state index is 12.5. The third-order valence-electron chi connectivity index (χ3n) is 4.63. The highest BCUT2D eigenvalue weighted by molar-refractivity contribution is 6.22. The van der Waals surface area contributed by atoms with Crippen LogP contribution in [0.15, 0.2) is 36.5 Å². The van der Waals surface area contributed by atoms with Crippen LogP contribution in [0.4, 0.5) is 5.82 Å². The first-order valence-electron chi connectivity index (χ1n) is 9.24. The molecule has 9 heteroatoms. The van der Waals surface area contributed by atoms with Gasteiger partial charge in [-0.25, -0.2) is 9.48 Å². The normalized spacial score (nSPS) is 15.3. The topological polar surface area (TPSA) is 111 Å². The van der Waals surface area contributed by atoms with Crippen LogP contribution in [0.3, 0.4) is 0 Å². The van der Waals surface area contributed by atoms with Gasteiger partial charge < -0.3 is 10.1 Å². The van der Waals surface area contributed by atoms with Gasteiger partial charge in [0.1, 0.15) is 11.9 Å². The summed E-state index contributed by atoms with van der Waals surface area (Å²) in [5.74, 6) is -2.04. The van der Waals surface area contributed by atoms with E-state index in [1.54, 1.807) is 29.1 Å². The van der Waals surface area contributed by atoms with Gasteiger partial charge in [0.2, 0.25) is 0 Å². The van der Waals surface area contributed by atoms with Gasteiger partial charge in [0, 0.05) is 12.1 Å². The molecule has 3 rings (SSSR count). The molecule has 2 heterocycles. The Morgan fingerprint density at radius 1 is 1.00 bits per heavy atom. The number of amides is 3. The molecule has 2 aromatic rings. The number of aromatic nitrogens is 2. The van der Waals surface area contributed by atoms with Crippen LogP contribution >= 0.6 is 0 Å². The van der Waals surface area contributed by atoms with Gasteiger partial charge in [-0.15, -0.1) is 0 Å². The Hall–Kier alpha value is -3.49. The molecule has 3 amide bonds. The molecular formula is C20H22N4O5. The second-order valence-corrected chi connectivity index (χ2v) is 7.02. The molecule has 0 radical (unpaired) electrons. The van der Waals surface area contributed by atoms with E-state index in [9.17, 15) is 19.2 Å². The predicted octanol–water partition coefficient (Wildman–Crippen LogP) is 2.02. The predicted molar refractivity (Wildman–Crippen MR) is 103 cm³/mol. The van der Waals surface area contributed by atoms with Gasteiger partial charge >= 0.3 is 5.97 Å². The van der Waals surface area contributed by atoms with Crippen molar-refractivity contribution in [2.45, 2.75) is 45.9 Å². The van der Waals surface area contributed by atoms with E-state index in [1.807, 2.05) is 13.8 Å². The Labute approximate surface area is 167 Å². The summed E-state index contributed by atoms with van der Waals surface area (Å²) in [5, 5.41) is 6.77. The number of hydrogen-bond acceptors (Lipinski definition) is 6. The Kier molecular flexibility index (Phi) is 5.49. The van der Waals surface area contributed by atoms with Gasteiger partial charge in [0.15, 0.2) is 6.10 Å². The van der Waals surface area contributed by atoms with Gasteiger partial charge in [0.05, 0.1) is 17.3 Å². The van der Waals surface area contributed by atoms with Crippen LogP contribution in [-0.2, 0) is 14.3 Å². The first-order chi connectivity index (χ1) is 13.7. The molecule has 1 aliphatic heterocycles. The van der Waals surface area contributed by atoms with Gasteiger partial charge in [0.25, 0.3) is 17.7 Å². The van der Waals surface area contributed by atoms with E-state index < -0.39 is 35.8 Å². The monoisotopic (exact) mass is 398 g/mol. The van der Waals surface area contributed by atoms with Crippen molar-refractivity contribution in [2.75, 3.05) is 5.32 Å². The average molecular weight is 398 g/mol. The lowest BCUT2D eigenvalue weighted by molar-refractivity contribution is -0.156. The quantitative estimate of drug-likeness (QED) is 0.589. The number of esters is 1. The molecule has 1 N–H and O–H groups in total. The summed E-state index contributed by atoms with van der Waals surface area (Å²) < 4.78 is 6.82. The minimum Gasteiger partial charge on any atom is -0.451 e. The molecule has 1 aromatic carbocycles. The molecule has 0 saturated carbocycles. The number of nitrogens with one attached hydrogen (secondary N) is 1. The molecule has 1 aromatic heterocycles. The Morgan fingerprint density at radius 3 is 2.14 bits per heavy atom. The molecule has 0 fully saturated rings. The summed E-state index contributed by atoms with van der Waals surface area (Å²) in [6.45, 7) is 6.63. The zero-order valence-electron chi connectivity index (χ0n) is 16.6. The summed E-state index contributed by atoms with van der Waals surface area (Å²) in [6, 6.07) is 6.85. The van der Waals surface area contributed by atoms with Gasteiger partial charge in [-0.1, -0.05) is 12.1 Å². The standard InChI is InChI=1S/C20H22N4O5/c1-11(2)24-16(9-10-21-24)22-17(25)13(4)29-20(28)12(3)23-18(26)14-7-5-6-8-15(14)19(23)27/h5-13H,1-4H3,(H,22,25)/t12-,13-/m1/s1. The zero-order chi connectivity index (χ0) is 21.3. The Balaban J connectivity index is 1.65. The third-order valence-corrected chi connectivity index (χ3v) is 4.63. The second kappa shape index (κ2) is 7.86. The summed E-state index contributed by atoms with van der Waals surface area (Å²) in [6.07, 6.45) is 0.423. The van der Waals surface area contributed by atoms with Crippen molar-refractivity contribution < 1.29 is 23.9 Å². The maximum absolute atomic E-state index is 12.5. The molecule has 29 heavy (non-hydrogen) atoms. The highest BCUT2D eigenvalue weighted by atomic mass is 16.5. The summed E-state index contributed by atoms with van der Waals surface area (Å²) in [5.41, 5.74) is 0.481. The van der Waals surface area contributed by atoms with Crippen LogP contribution in [0.5, 0.6) is 0 Å². The van der Waals surface area contributed by atoms with E-state index in [0.29, 0.717) is 5.82 Å². The largest absolute Gasteiger partial charge is 0.451 e. The van der Waals surface area contributed by atoms with Crippen molar-refractivity contribution in [3.8, 4) is 0 Å². The minimum absolute atomic E-state index is 0.0343. The van der Waals surface area contributed by atoms with Crippen molar-refractivity contribution in [2.24, 2.45) is 0 Å². The summed E-state index contributed by atoms with van der Waals surface area (Å²) >= 11 is 0. The Morgan fingerprint density at radius 2 is 1.59 bits per heavy atom. The van der Waals surface area contributed by atoms with Gasteiger partial charge in [-0.3, -0.25) is 19.3 Å². The number of ether oxygens (including phenoxy) is 1. The fourth-order valence-corrected chi connectivity index (χ4v) is 3.04. The molecule has 2 atom stereocenters. The number of benzene rings is 1. The molecule has 9 nitrogen and oxygen atoms in total. The average Bonchev–Trinajstić information content (AvgIpc) is 3.24. The van der Waals surface area contributed by atoms with E-state index in [2.05, 4.69) is 10.4 Å². The fourth-order valence-electron chi connectivity index (χ4n) is 3.04. The van der Waals surface area contributed by atoms with Crippen molar-refractivity contribution in [3.63, 3.8) is 0 Å². The first-order valence-corrected chi connectivity index (χ1v) is 9.24. The number of imide groups is 1. The van der Waals surface area contributed by atoms with Crippen molar-refractivity contribution in [1.82, 2.24) is 14.7 Å². The van der Waals surface area contributed by atoms with Crippen molar-refractivity contribution >= 4 is 29.5 Å². The molecule has 0 bridgehead atoms. The summed E-state index contributed by atoms with van der Waals surface area (Å²) in [7, 11) is 0. The van der Waals surface area contributed by atoms with Crippen molar-refractivity contribution in [3.05, 3.63) is 47.7 Å². The molecule has 0 unspecified atom stereocenters. The van der Waals surface area contributed by atoms with Crippen molar-refractivity contribution in [1.29, 1.82) is 0 Å². The smallest absolute Gasteiger partial charge is 0.329 e.